The van der Waals surface area contributed by atoms with Crippen molar-refractivity contribution >= 4 is 15.9 Å². The molecule has 0 N–H and O–H groups in total. The van der Waals surface area contributed by atoms with Crippen molar-refractivity contribution < 1.29 is 27.1 Å². The number of halogens is 1. The third kappa shape index (κ3) is 3.96. The highest BCUT2D eigenvalue weighted by Gasteiger charge is 2.52. The number of amides is 1. The highest BCUT2D eigenvalue weighted by Crippen LogP contribution is 2.43. The van der Waals surface area contributed by atoms with Crippen molar-refractivity contribution in [1.29, 1.82) is 0 Å². The molecular formula is C19H27FN2O5S. The minimum atomic E-state index is -3.38. The van der Waals surface area contributed by atoms with Crippen LogP contribution >= 0.6 is 0 Å². The van der Waals surface area contributed by atoms with Crippen LogP contribution in [0.1, 0.15) is 12.0 Å². The first kappa shape index (κ1) is 20.9. The lowest BCUT2D eigenvalue weighted by molar-refractivity contribution is -0.129. The van der Waals surface area contributed by atoms with Gasteiger partial charge in [0.25, 0.3) is 0 Å². The second kappa shape index (κ2) is 7.87. The summed E-state index contributed by atoms with van der Waals surface area (Å²) in [6, 6.07) is 5.27. The summed E-state index contributed by atoms with van der Waals surface area (Å²) in [7, 11) is -0.291. The minimum absolute atomic E-state index is 0.0355. The number of nitrogens with zero attached hydrogens (tertiary/aromatic N) is 2. The number of ether oxygens (including phenoxy) is 2. The normalized spacial score (nSPS) is 25.4. The molecule has 156 valence electrons. The van der Waals surface area contributed by atoms with Crippen LogP contribution in [0.15, 0.2) is 18.2 Å². The highest BCUT2D eigenvalue weighted by molar-refractivity contribution is 7.88. The molecule has 0 bridgehead atoms. The van der Waals surface area contributed by atoms with Crippen molar-refractivity contribution in [2.75, 3.05) is 53.3 Å². The predicted molar refractivity (Wildman–Crippen MR) is 103 cm³/mol. The quantitative estimate of drug-likeness (QED) is 0.702. The van der Waals surface area contributed by atoms with Crippen molar-refractivity contribution in [3.63, 3.8) is 0 Å². The average Bonchev–Trinajstić information content (AvgIpc) is 3.06. The van der Waals surface area contributed by atoms with Crippen LogP contribution in [0.3, 0.4) is 0 Å². The third-order valence-electron chi connectivity index (χ3n) is 5.95. The molecule has 0 radical (unpaired) electrons. The van der Waals surface area contributed by atoms with Gasteiger partial charge in [0.05, 0.1) is 33.6 Å². The first-order valence-electron chi connectivity index (χ1n) is 9.22. The van der Waals surface area contributed by atoms with Gasteiger partial charge in [-0.1, -0.05) is 0 Å². The van der Waals surface area contributed by atoms with Crippen LogP contribution in [-0.2, 0) is 21.2 Å². The van der Waals surface area contributed by atoms with Gasteiger partial charge in [-0.05, 0) is 30.5 Å². The molecule has 0 spiro atoms. The summed E-state index contributed by atoms with van der Waals surface area (Å²) in [5, 5.41) is 0. The van der Waals surface area contributed by atoms with Gasteiger partial charge in [0, 0.05) is 37.2 Å². The van der Waals surface area contributed by atoms with Crippen LogP contribution in [0.25, 0.3) is 0 Å². The molecule has 0 aliphatic carbocycles. The number of hydrogen-bond acceptors (Lipinski definition) is 5. The van der Waals surface area contributed by atoms with Gasteiger partial charge >= 0.3 is 0 Å². The van der Waals surface area contributed by atoms with Crippen molar-refractivity contribution in [3.8, 4) is 11.5 Å². The second-order valence-corrected chi connectivity index (χ2v) is 9.69. The van der Waals surface area contributed by atoms with Crippen molar-refractivity contribution in [2.24, 2.45) is 11.3 Å². The summed E-state index contributed by atoms with van der Waals surface area (Å²) in [4.78, 5) is 14.6. The number of hydrogen-bond donors (Lipinski definition) is 0. The summed E-state index contributed by atoms with van der Waals surface area (Å²) >= 11 is 0. The van der Waals surface area contributed by atoms with Gasteiger partial charge in [-0.2, -0.15) is 0 Å². The number of sulfonamides is 1. The molecule has 0 unspecified atom stereocenters. The van der Waals surface area contributed by atoms with Gasteiger partial charge in [0.1, 0.15) is 11.5 Å². The maximum atomic E-state index is 14.1. The van der Waals surface area contributed by atoms with E-state index in [1.165, 1.54) is 11.4 Å². The van der Waals surface area contributed by atoms with Gasteiger partial charge in [-0.3, -0.25) is 9.18 Å². The Labute approximate surface area is 165 Å². The molecule has 28 heavy (non-hydrogen) atoms. The summed E-state index contributed by atoms with van der Waals surface area (Å²) < 4.78 is 49.8. The highest BCUT2D eigenvalue weighted by atomic mass is 32.2. The molecule has 2 saturated heterocycles. The lowest BCUT2D eigenvalue weighted by Crippen LogP contribution is -2.51. The maximum absolute atomic E-state index is 14.1. The summed E-state index contributed by atoms with van der Waals surface area (Å²) in [6.45, 7) is 0.532. The number of likely N-dealkylation sites (tertiary alicyclic amines) is 1. The molecule has 0 aromatic heterocycles. The third-order valence-corrected chi connectivity index (χ3v) is 7.20. The van der Waals surface area contributed by atoms with Gasteiger partial charge in [-0.25, -0.2) is 12.7 Å². The first-order valence-corrected chi connectivity index (χ1v) is 11.1. The number of methoxy groups -OCH3 is 2. The first-order chi connectivity index (χ1) is 13.2. The molecule has 1 aromatic rings. The van der Waals surface area contributed by atoms with E-state index in [1.54, 1.807) is 30.2 Å². The Balaban J connectivity index is 1.77. The zero-order valence-corrected chi connectivity index (χ0v) is 17.3. The number of piperidine rings is 1. The van der Waals surface area contributed by atoms with Crippen molar-refractivity contribution in [1.82, 2.24) is 9.21 Å². The Hall–Kier alpha value is -1.87. The van der Waals surface area contributed by atoms with Crippen LogP contribution < -0.4 is 9.47 Å². The topological polar surface area (TPSA) is 76.2 Å². The Morgan fingerprint density at radius 1 is 1.29 bits per heavy atom. The fourth-order valence-corrected chi connectivity index (χ4v) is 5.23. The van der Waals surface area contributed by atoms with E-state index in [-0.39, 0.29) is 31.3 Å². The Bertz CT molecular complexity index is 847. The molecule has 2 aliphatic rings. The molecule has 2 atom stereocenters. The molecule has 3 rings (SSSR count). The average molecular weight is 414 g/mol. The van der Waals surface area contributed by atoms with E-state index in [4.69, 9.17) is 9.47 Å². The molecule has 7 nitrogen and oxygen atoms in total. The standard InChI is InChI=1S/C19H27FN2O5S/c1-26-16-4-5-17(27-2)14(8-16)9-18(23)21-10-15-6-7-22(28(3,24)25)13-19(15,11-20)12-21/h4-5,8,15H,6-7,9-13H2,1-3H3/t15-,19-/m0/s1. The number of carbonyl (C=O) groups is 1. The van der Waals surface area contributed by atoms with Crippen LogP contribution in [0.4, 0.5) is 4.39 Å². The lowest BCUT2D eigenvalue weighted by Gasteiger charge is -2.41. The monoisotopic (exact) mass is 414 g/mol. The van der Waals surface area contributed by atoms with Crippen LogP contribution in [-0.4, -0.2) is 76.9 Å². The molecule has 0 saturated carbocycles. The predicted octanol–water partition coefficient (Wildman–Crippen LogP) is 1.33. The fourth-order valence-electron chi connectivity index (χ4n) is 4.30. The Kier molecular flexibility index (Phi) is 5.86. The zero-order valence-electron chi connectivity index (χ0n) is 16.5. The van der Waals surface area contributed by atoms with E-state index in [1.807, 2.05) is 0 Å². The van der Waals surface area contributed by atoms with Crippen molar-refractivity contribution in [3.05, 3.63) is 23.8 Å². The molecule has 2 aliphatic heterocycles. The van der Waals surface area contributed by atoms with Crippen LogP contribution in [0.2, 0.25) is 0 Å². The van der Waals surface area contributed by atoms with E-state index < -0.39 is 22.1 Å². The molecule has 2 heterocycles. The van der Waals surface area contributed by atoms with Crippen LogP contribution in [0.5, 0.6) is 11.5 Å². The summed E-state index contributed by atoms with van der Waals surface area (Å²) in [5.41, 5.74) is -0.121. The van der Waals surface area contributed by atoms with Gasteiger partial charge in [-0.15, -0.1) is 0 Å². The number of benzene rings is 1. The zero-order chi connectivity index (χ0) is 20.5. The smallest absolute Gasteiger partial charge is 0.227 e. The minimum Gasteiger partial charge on any atom is -0.497 e. The largest absolute Gasteiger partial charge is 0.497 e. The summed E-state index contributed by atoms with van der Waals surface area (Å²) in [5.74, 6) is 1.06. The maximum Gasteiger partial charge on any atom is 0.227 e. The van der Waals surface area contributed by atoms with E-state index in [0.717, 1.165) is 6.26 Å². The van der Waals surface area contributed by atoms with Gasteiger partial charge in [0.15, 0.2) is 0 Å². The number of alkyl halides is 1. The van der Waals surface area contributed by atoms with Gasteiger partial charge in [0.2, 0.25) is 15.9 Å². The van der Waals surface area contributed by atoms with Crippen molar-refractivity contribution in [2.45, 2.75) is 12.8 Å². The van der Waals surface area contributed by atoms with E-state index in [0.29, 0.717) is 36.6 Å². The SMILES string of the molecule is COc1ccc(OC)c(CC(=O)N2C[C@@H]3CCN(S(C)(=O)=O)C[C@]3(CF)C2)c1. The second-order valence-electron chi connectivity index (χ2n) is 7.71. The van der Waals surface area contributed by atoms with Gasteiger partial charge < -0.3 is 14.4 Å². The fraction of sp³-hybridized carbons (Fsp3) is 0.632. The summed E-state index contributed by atoms with van der Waals surface area (Å²) in [6.07, 6.45) is 1.82. The number of carbonyl (C=O) groups excluding carboxylic acids is 1. The van der Waals surface area contributed by atoms with Crippen LogP contribution in [0, 0.1) is 11.3 Å². The Morgan fingerprint density at radius 3 is 2.64 bits per heavy atom. The Morgan fingerprint density at radius 2 is 2.04 bits per heavy atom. The number of rotatable bonds is 6. The molecule has 1 aromatic carbocycles. The lowest BCUT2D eigenvalue weighted by atomic mass is 9.75. The molecule has 9 heteroatoms. The van der Waals surface area contributed by atoms with E-state index in [2.05, 4.69) is 0 Å². The number of fused-ring (bicyclic) bond motifs is 1. The molecular weight excluding hydrogens is 387 g/mol. The van der Waals surface area contributed by atoms with E-state index >= 15 is 0 Å². The molecule has 1 amide bonds. The molecule has 2 fully saturated rings. The van der Waals surface area contributed by atoms with E-state index in [9.17, 15) is 17.6 Å².